The van der Waals surface area contributed by atoms with Gasteiger partial charge in [-0.3, -0.25) is 4.68 Å². The zero-order valence-electron chi connectivity index (χ0n) is 11.7. The number of nitrogens with one attached hydrogen (secondary N) is 1. The van der Waals surface area contributed by atoms with E-state index in [9.17, 15) is 0 Å². The van der Waals surface area contributed by atoms with E-state index in [0.717, 1.165) is 33.7 Å². The lowest BCUT2D eigenvalue weighted by Gasteiger charge is -2.10. The minimum Gasteiger partial charge on any atom is -0.487 e. The number of aryl methyl sites for hydroxylation is 2. The summed E-state index contributed by atoms with van der Waals surface area (Å²) in [5, 5.41) is 8.06. The lowest BCUT2D eigenvalue weighted by atomic mass is 10.2. The highest BCUT2D eigenvalue weighted by atomic mass is 79.9. The van der Waals surface area contributed by atoms with E-state index in [4.69, 9.17) is 16.3 Å². The molecule has 4 nitrogen and oxygen atoms in total. The van der Waals surface area contributed by atoms with E-state index in [1.807, 2.05) is 39.2 Å². The Hall–Kier alpha value is -1.04. The molecule has 0 unspecified atom stereocenters. The highest BCUT2D eigenvalue weighted by Crippen LogP contribution is 2.25. The van der Waals surface area contributed by atoms with Gasteiger partial charge in [0, 0.05) is 18.1 Å². The summed E-state index contributed by atoms with van der Waals surface area (Å²) in [5.41, 5.74) is 2.85. The standard InChI is InChI=1S/C14H17BrClN3O/c1-9-14(16)13(19(3)18-9)8-20-11-4-5-12(15)10(6-11)7-17-2/h4-6,17H,7-8H2,1-3H3. The molecule has 0 saturated carbocycles. The number of ether oxygens (including phenoxy) is 1. The molecule has 1 heterocycles. The third-order valence-corrected chi connectivity index (χ3v) is 4.29. The van der Waals surface area contributed by atoms with E-state index in [1.165, 1.54) is 0 Å². The molecule has 0 saturated heterocycles. The maximum absolute atomic E-state index is 6.21. The van der Waals surface area contributed by atoms with Crippen LogP contribution in [0.1, 0.15) is 17.0 Å². The second-order valence-corrected chi connectivity index (χ2v) is 5.77. The van der Waals surface area contributed by atoms with Crippen molar-refractivity contribution in [1.82, 2.24) is 15.1 Å². The van der Waals surface area contributed by atoms with Gasteiger partial charge >= 0.3 is 0 Å². The largest absolute Gasteiger partial charge is 0.487 e. The van der Waals surface area contributed by atoms with Gasteiger partial charge in [0.25, 0.3) is 0 Å². The Morgan fingerprint density at radius 3 is 2.80 bits per heavy atom. The summed E-state index contributed by atoms with van der Waals surface area (Å²) in [4.78, 5) is 0. The molecule has 0 aliphatic heterocycles. The third-order valence-electron chi connectivity index (χ3n) is 3.02. The van der Waals surface area contributed by atoms with Gasteiger partial charge in [-0.05, 0) is 37.7 Å². The Bertz CT molecular complexity index is 613. The molecule has 2 rings (SSSR count). The Balaban J connectivity index is 2.13. The first kappa shape index (κ1) is 15.4. The van der Waals surface area contributed by atoms with Crippen LogP contribution in [0.15, 0.2) is 22.7 Å². The zero-order valence-corrected chi connectivity index (χ0v) is 14.0. The van der Waals surface area contributed by atoms with Gasteiger partial charge in [-0.2, -0.15) is 5.10 Å². The maximum Gasteiger partial charge on any atom is 0.131 e. The minimum atomic E-state index is 0.400. The first-order valence-corrected chi connectivity index (χ1v) is 7.43. The number of benzene rings is 1. The average Bonchev–Trinajstić information content (AvgIpc) is 2.65. The molecule has 0 bridgehead atoms. The number of hydrogen-bond acceptors (Lipinski definition) is 3. The van der Waals surface area contributed by atoms with Crippen LogP contribution in [0, 0.1) is 6.92 Å². The van der Waals surface area contributed by atoms with Crippen molar-refractivity contribution in [3.63, 3.8) is 0 Å². The van der Waals surface area contributed by atoms with Gasteiger partial charge in [-0.15, -0.1) is 0 Å². The summed E-state index contributed by atoms with van der Waals surface area (Å²) in [6, 6.07) is 5.93. The molecule has 1 aromatic heterocycles. The van der Waals surface area contributed by atoms with Gasteiger partial charge in [0.1, 0.15) is 12.4 Å². The molecule has 0 aliphatic carbocycles. The van der Waals surface area contributed by atoms with E-state index in [-0.39, 0.29) is 0 Å². The lowest BCUT2D eigenvalue weighted by Crippen LogP contribution is -2.07. The zero-order chi connectivity index (χ0) is 14.7. The molecule has 20 heavy (non-hydrogen) atoms. The molecule has 0 spiro atoms. The lowest BCUT2D eigenvalue weighted by molar-refractivity contribution is 0.294. The van der Waals surface area contributed by atoms with Crippen LogP contribution in [0.5, 0.6) is 5.75 Å². The van der Waals surface area contributed by atoms with Crippen LogP contribution in [0.3, 0.4) is 0 Å². The first-order chi connectivity index (χ1) is 9.52. The highest BCUT2D eigenvalue weighted by Gasteiger charge is 2.12. The van der Waals surface area contributed by atoms with Crippen LogP contribution >= 0.6 is 27.5 Å². The molecule has 1 aromatic carbocycles. The highest BCUT2D eigenvalue weighted by molar-refractivity contribution is 9.10. The van der Waals surface area contributed by atoms with Crippen LogP contribution < -0.4 is 10.1 Å². The second-order valence-electron chi connectivity index (χ2n) is 4.54. The third kappa shape index (κ3) is 3.34. The summed E-state index contributed by atoms with van der Waals surface area (Å²) >= 11 is 9.73. The van der Waals surface area contributed by atoms with Gasteiger partial charge in [0.05, 0.1) is 16.4 Å². The molecule has 0 amide bonds. The quantitative estimate of drug-likeness (QED) is 0.890. The number of rotatable bonds is 5. The first-order valence-electron chi connectivity index (χ1n) is 6.26. The van der Waals surface area contributed by atoms with E-state index < -0.39 is 0 Å². The molecule has 6 heteroatoms. The van der Waals surface area contributed by atoms with Crippen LogP contribution in [-0.2, 0) is 20.2 Å². The van der Waals surface area contributed by atoms with Crippen LogP contribution in [0.4, 0.5) is 0 Å². The molecular weight excluding hydrogens is 342 g/mol. The number of aromatic nitrogens is 2. The number of nitrogens with zero attached hydrogens (tertiary/aromatic N) is 2. The van der Waals surface area contributed by atoms with Gasteiger partial charge in [0.15, 0.2) is 0 Å². The Morgan fingerprint density at radius 2 is 2.20 bits per heavy atom. The molecule has 108 valence electrons. The smallest absolute Gasteiger partial charge is 0.131 e. The fraction of sp³-hybridized carbons (Fsp3) is 0.357. The van der Waals surface area contributed by atoms with Crippen LogP contribution in [0.25, 0.3) is 0 Å². The normalized spacial score (nSPS) is 10.8. The summed E-state index contributed by atoms with van der Waals surface area (Å²) in [6.45, 7) is 3.07. The van der Waals surface area contributed by atoms with Gasteiger partial charge in [0.2, 0.25) is 0 Å². The van der Waals surface area contributed by atoms with Crippen molar-refractivity contribution < 1.29 is 4.74 Å². The van der Waals surface area contributed by atoms with Crippen molar-refractivity contribution in [1.29, 1.82) is 0 Å². The van der Waals surface area contributed by atoms with Gasteiger partial charge in [-0.1, -0.05) is 27.5 Å². The predicted octanol–water partition coefficient (Wildman–Crippen LogP) is 3.44. The number of halogens is 2. The van der Waals surface area contributed by atoms with E-state index in [0.29, 0.717) is 11.6 Å². The molecule has 0 fully saturated rings. The Morgan fingerprint density at radius 1 is 1.45 bits per heavy atom. The second kappa shape index (κ2) is 6.61. The Kier molecular flexibility index (Phi) is 5.07. The summed E-state index contributed by atoms with van der Waals surface area (Å²) < 4.78 is 8.63. The van der Waals surface area contributed by atoms with Crippen molar-refractivity contribution in [2.75, 3.05) is 7.05 Å². The molecule has 1 N–H and O–H groups in total. The van der Waals surface area contributed by atoms with Crippen molar-refractivity contribution in [2.45, 2.75) is 20.1 Å². The number of hydrogen-bond donors (Lipinski definition) is 1. The van der Waals surface area contributed by atoms with E-state index in [2.05, 4.69) is 26.3 Å². The minimum absolute atomic E-state index is 0.400. The fourth-order valence-electron chi connectivity index (χ4n) is 1.96. The van der Waals surface area contributed by atoms with Crippen LogP contribution in [0.2, 0.25) is 5.02 Å². The van der Waals surface area contributed by atoms with Crippen molar-refractivity contribution in [2.24, 2.45) is 7.05 Å². The predicted molar refractivity (Wildman–Crippen MR) is 84.2 cm³/mol. The van der Waals surface area contributed by atoms with Crippen LogP contribution in [-0.4, -0.2) is 16.8 Å². The molecular formula is C14H17BrClN3O. The molecule has 0 radical (unpaired) electrons. The van der Waals surface area contributed by atoms with Crippen molar-refractivity contribution in [3.8, 4) is 5.75 Å². The van der Waals surface area contributed by atoms with Crippen molar-refractivity contribution >= 4 is 27.5 Å². The molecule has 2 aromatic rings. The van der Waals surface area contributed by atoms with E-state index >= 15 is 0 Å². The SMILES string of the molecule is CNCc1cc(OCc2c(Cl)c(C)nn2C)ccc1Br. The summed E-state index contributed by atoms with van der Waals surface area (Å²) in [5.74, 6) is 0.813. The fourth-order valence-corrected chi connectivity index (χ4v) is 2.56. The Labute approximate surface area is 132 Å². The monoisotopic (exact) mass is 357 g/mol. The summed E-state index contributed by atoms with van der Waals surface area (Å²) in [6.07, 6.45) is 0. The maximum atomic E-state index is 6.21. The van der Waals surface area contributed by atoms with Gasteiger partial charge < -0.3 is 10.1 Å². The van der Waals surface area contributed by atoms with Crippen molar-refractivity contribution in [3.05, 3.63) is 44.6 Å². The van der Waals surface area contributed by atoms with Gasteiger partial charge in [-0.25, -0.2) is 0 Å². The molecule has 0 atom stereocenters. The van der Waals surface area contributed by atoms with E-state index in [1.54, 1.807) is 4.68 Å². The topological polar surface area (TPSA) is 39.1 Å². The average molecular weight is 359 g/mol. The molecule has 0 aliphatic rings. The summed E-state index contributed by atoms with van der Waals surface area (Å²) in [7, 11) is 3.78.